The second kappa shape index (κ2) is 5.42. The van der Waals surface area contributed by atoms with Crippen molar-refractivity contribution >= 4 is 5.97 Å². The van der Waals surface area contributed by atoms with Crippen LogP contribution in [0.5, 0.6) is 0 Å². The van der Waals surface area contributed by atoms with Crippen LogP contribution in [0.3, 0.4) is 0 Å². The molecule has 0 bridgehead atoms. The van der Waals surface area contributed by atoms with Crippen molar-refractivity contribution < 1.29 is 9.53 Å². The van der Waals surface area contributed by atoms with E-state index in [0.717, 1.165) is 5.57 Å². The average molecular weight is 166 g/mol. The Morgan fingerprint density at radius 3 is 2.25 bits per heavy atom. The summed E-state index contributed by atoms with van der Waals surface area (Å²) in [6, 6.07) is 0. The minimum Gasteiger partial charge on any atom is -0.462 e. The molecule has 0 atom stereocenters. The van der Waals surface area contributed by atoms with Crippen LogP contribution in [-0.4, -0.2) is 12.6 Å². The van der Waals surface area contributed by atoms with Gasteiger partial charge in [0.15, 0.2) is 0 Å². The minimum atomic E-state index is -0.328. The van der Waals surface area contributed by atoms with E-state index in [1.165, 1.54) is 0 Å². The second-order valence-electron chi connectivity index (χ2n) is 2.60. The third kappa shape index (κ3) is 4.56. The molecule has 0 radical (unpaired) electrons. The molecule has 0 spiro atoms. The predicted molar refractivity (Wildman–Crippen MR) is 47.7 cm³/mol. The van der Waals surface area contributed by atoms with Gasteiger partial charge in [0.2, 0.25) is 0 Å². The maximum atomic E-state index is 11.0. The van der Waals surface area contributed by atoms with Crippen LogP contribution in [0.2, 0.25) is 0 Å². The first kappa shape index (κ1) is 10.8. The lowest BCUT2D eigenvalue weighted by atomic mass is 10.3. The summed E-state index contributed by atoms with van der Waals surface area (Å²) in [6.45, 7) is 7.62. The summed E-state index contributed by atoms with van der Waals surface area (Å²) in [5.74, 6) is -0.328. The number of hydrogen-bond acceptors (Lipinski definition) is 2. The third-order valence-corrected chi connectivity index (χ3v) is 1.08. The van der Waals surface area contributed by atoms with E-state index in [1.54, 1.807) is 13.8 Å². The molecule has 2 heteroatoms. The van der Waals surface area contributed by atoms with Crippen molar-refractivity contribution in [1.82, 2.24) is 0 Å². The summed E-state index contributed by atoms with van der Waals surface area (Å²) in [4.78, 5) is 11.0. The van der Waals surface area contributed by atoms with Crippen molar-refractivity contribution in [1.29, 1.82) is 0 Å². The molecule has 0 unspecified atom stereocenters. The number of allylic oxidation sites excluding steroid dienone is 1. The quantitative estimate of drug-likeness (QED) is 0.357. The fraction of sp³-hybridized carbons (Fsp3) is 0.500. The molecule has 0 aliphatic rings. The van der Waals surface area contributed by atoms with Gasteiger partial charge in [-0.05, 0) is 33.3 Å². The van der Waals surface area contributed by atoms with Crippen molar-refractivity contribution in [2.75, 3.05) is 6.61 Å². The van der Waals surface area contributed by atoms with Crippen LogP contribution < -0.4 is 0 Å². The summed E-state index contributed by atoms with van der Waals surface area (Å²) in [5, 5.41) is 0. The molecular formula is C10H14O2. The maximum absolute atomic E-state index is 11.0. The minimum absolute atomic E-state index is 0.328. The maximum Gasteiger partial charge on any atom is 0.342 e. The van der Waals surface area contributed by atoms with Gasteiger partial charge in [-0.15, -0.1) is 0 Å². The Bertz CT molecular complexity index is 258. The number of rotatable bonds is 2. The van der Waals surface area contributed by atoms with Crippen molar-refractivity contribution in [3.63, 3.8) is 0 Å². The Labute approximate surface area is 73.2 Å². The molecule has 0 saturated heterocycles. The highest BCUT2D eigenvalue weighted by Gasteiger charge is 2.01. The molecular weight excluding hydrogens is 152 g/mol. The van der Waals surface area contributed by atoms with Crippen LogP contribution in [0, 0.1) is 0 Å². The summed E-state index contributed by atoms with van der Waals surface area (Å²) in [7, 11) is 0. The van der Waals surface area contributed by atoms with Gasteiger partial charge in [-0.25, -0.2) is 4.79 Å². The van der Waals surface area contributed by atoms with Crippen LogP contribution in [-0.2, 0) is 9.53 Å². The molecule has 0 rings (SSSR count). The highest BCUT2D eigenvalue weighted by molar-refractivity contribution is 5.87. The van der Waals surface area contributed by atoms with E-state index in [1.807, 2.05) is 13.8 Å². The summed E-state index contributed by atoms with van der Waals surface area (Å²) < 4.78 is 4.75. The number of esters is 1. The van der Waals surface area contributed by atoms with Gasteiger partial charge in [0.05, 0.1) is 12.2 Å². The summed E-state index contributed by atoms with van der Waals surface area (Å²) in [6.07, 6.45) is 0. The van der Waals surface area contributed by atoms with Crippen LogP contribution in [0.15, 0.2) is 22.6 Å². The van der Waals surface area contributed by atoms with Gasteiger partial charge in [-0.2, -0.15) is 0 Å². The van der Waals surface area contributed by atoms with Gasteiger partial charge >= 0.3 is 5.97 Å². The van der Waals surface area contributed by atoms with Crippen LogP contribution in [0.25, 0.3) is 0 Å². The van der Waals surface area contributed by atoms with Gasteiger partial charge < -0.3 is 4.74 Å². The van der Waals surface area contributed by atoms with Crippen molar-refractivity contribution in [3.8, 4) is 0 Å². The van der Waals surface area contributed by atoms with Crippen molar-refractivity contribution in [2.45, 2.75) is 27.7 Å². The van der Waals surface area contributed by atoms with E-state index in [9.17, 15) is 4.79 Å². The molecule has 0 heterocycles. The summed E-state index contributed by atoms with van der Waals surface area (Å²) in [5.41, 5.74) is 6.98. The zero-order valence-corrected chi connectivity index (χ0v) is 8.02. The SMILES string of the molecule is CCOC(=O)C(C)=C=C=C(C)C. The Morgan fingerprint density at radius 2 is 1.83 bits per heavy atom. The van der Waals surface area contributed by atoms with Gasteiger partial charge in [-0.3, -0.25) is 0 Å². The van der Waals surface area contributed by atoms with E-state index in [4.69, 9.17) is 4.74 Å². The number of hydrogen-bond donors (Lipinski definition) is 0. The smallest absolute Gasteiger partial charge is 0.342 e. The van der Waals surface area contributed by atoms with Crippen LogP contribution in [0.4, 0.5) is 0 Å². The number of ether oxygens (including phenoxy) is 1. The second-order valence-corrected chi connectivity index (χ2v) is 2.60. The Hall–Kier alpha value is -1.23. The fourth-order valence-electron chi connectivity index (χ4n) is 0.509. The zero-order valence-electron chi connectivity index (χ0n) is 8.02. The molecule has 0 aromatic rings. The third-order valence-electron chi connectivity index (χ3n) is 1.08. The first-order chi connectivity index (χ1) is 5.57. The molecule has 0 saturated carbocycles. The largest absolute Gasteiger partial charge is 0.462 e. The van der Waals surface area contributed by atoms with Crippen LogP contribution >= 0.6 is 0 Å². The highest BCUT2D eigenvalue weighted by Crippen LogP contribution is 1.93. The van der Waals surface area contributed by atoms with Crippen molar-refractivity contribution in [2.24, 2.45) is 0 Å². The molecule has 0 aliphatic heterocycles. The zero-order chi connectivity index (χ0) is 9.56. The molecule has 0 aliphatic carbocycles. The van der Waals surface area contributed by atoms with Gasteiger partial charge in [0.25, 0.3) is 0 Å². The molecule has 66 valence electrons. The lowest BCUT2D eigenvalue weighted by Crippen LogP contribution is -2.03. The molecule has 0 amide bonds. The van der Waals surface area contributed by atoms with E-state index in [2.05, 4.69) is 11.5 Å². The highest BCUT2D eigenvalue weighted by atomic mass is 16.5. The monoisotopic (exact) mass is 166 g/mol. The molecule has 2 nitrogen and oxygen atoms in total. The fourth-order valence-corrected chi connectivity index (χ4v) is 0.509. The lowest BCUT2D eigenvalue weighted by molar-refractivity contribution is -0.138. The number of carbonyl (C=O) groups excluding carboxylic acids is 1. The molecule has 12 heavy (non-hydrogen) atoms. The summed E-state index contributed by atoms with van der Waals surface area (Å²) >= 11 is 0. The topological polar surface area (TPSA) is 26.3 Å². The molecule has 0 fully saturated rings. The van der Waals surface area contributed by atoms with Gasteiger partial charge in [0.1, 0.15) is 0 Å². The Morgan fingerprint density at radius 1 is 1.25 bits per heavy atom. The molecule has 0 aromatic heterocycles. The lowest BCUT2D eigenvalue weighted by Gasteiger charge is -1.96. The average Bonchev–Trinajstić information content (AvgIpc) is 2.00. The van der Waals surface area contributed by atoms with Crippen LogP contribution in [0.1, 0.15) is 27.7 Å². The van der Waals surface area contributed by atoms with E-state index >= 15 is 0 Å². The normalized spacial score (nSPS) is 8.00. The molecule has 0 N–H and O–H groups in total. The van der Waals surface area contributed by atoms with Crippen molar-refractivity contribution in [3.05, 3.63) is 22.6 Å². The van der Waals surface area contributed by atoms with E-state index < -0.39 is 0 Å². The van der Waals surface area contributed by atoms with E-state index in [0.29, 0.717) is 12.2 Å². The first-order valence-electron chi connectivity index (χ1n) is 3.90. The Kier molecular flexibility index (Phi) is 4.87. The predicted octanol–water partition coefficient (Wildman–Crippen LogP) is 2.22. The number of carbonyl (C=O) groups is 1. The van der Waals surface area contributed by atoms with Gasteiger partial charge in [0, 0.05) is 0 Å². The standard InChI is InChI=1S/C10H14O2/c1-5-12-10(11)9(4)7-6-8(2)3/h5H2,1-4H3. The van der Waals surface area contributed by atoms with Gasteiger partial charge in [-0.1, -0.05) is 11.5 Å². The molecule has 0 aromatic carbocycles. The Balaban J connectivity index is 4.60. The first-order valence-corrected chi connectivity index (χ1v) is 3.90. The van der Waals surface area contributed by atoms with E-state index in [-0.39, 0.29) is 5.97 Å².